The number of carbonyl (C=O) groups is 1. The van der Waals surface area contributed by atoms with Crippen LogP contribution in [0.2, 0.25) is 0 Å². The van der Waals surface area contributed by atoms with E-state index in [0.717, 1.165) is 0 Å². The van der Waals surface area contributed by atoms with Crippen LogP contribution < -0.4 is 15.6 Å². The molecule has 10 nitrogen and oxygen atoms in total. The summed E-state index contributed by atoms with van der Waals surface area (Å²) < 4.78 is 29.1. The van der Waals surface area contributed by atoms with E-state index in [4.69, 9.17) is 0 Å². The molecular formula is C24H24N6O4S2. The van der Waals surface area contributed by atoms with Crippen LogP contribution in [0.5, 0.6) is 0 Å². The number of carbonyl (C=O) groups excluding carboxylic acids is 1. The molecule has 0 saturated heterocycles. The first-order chi connectivity index (χ1) is 17.2. The molecule has 4 rings (SSSR count). The van der Waals surface area contributed by atoms with Crippen molar-refractivity contribution in [3.8, 4) is 0 Å². The van der Waals surface area contributed by atoms with Crippen LogP contribution in [0.15, 0.2) is 75.6 Å². The van der Waals surface area contributed by atoms with Gasteiger partial charge in [-0.2, -0.15) is 0 Å². The number of rotatable bonds is 8. The Labute approximate surface area is 212 Å². The van der Waals surface area contributed by atoms with Crippen molar-refractivity contribution in [1.82, 2.24) is 19.5 Å². The second kappa shape index (κ2) is 10.5. The molecule has 1 unspecified atom stereocenters. The molecule has 2 N–H and O–H groups in total. The van der Waals surface area contributed by atoms with E-state index in [-0.39, 0.29) is 22.3 Å². The molecule has 4 aromatic rings. The van der Waals surface area contributed by atoms with Crippen molar-refractivity contribution in [3.63, 3.8) is 0 Å². The third-order valence-corrected chi connectivity index (χ3v) is 8.06. The number of hydrogen-bond donors (Lipinski definition) is 2. The largest absolute Gasteiger partial charge is 0.325 e. The topological polar surface area (TPSA) is 136 Å². The number of benzene rings is 2. The Kier molecular flexibility index (Phi) is 7.36. The molecule has 0 bridgehead atoms. The van der Waals surface area contributed by atoms with Gasteiger partial charge in [0.05, 0.1) is 21.0 Å². The van der Waals surface area contributed by atoms with Crippen molar-refractivity contribution in [1.29, 1.82) is 0 Å². The van der Waals surface area contributed by atoms with Gasteiger partial charge in [0, 0.05) is 24.6 Å². The zero-order chi connectivity index (χ0) is 25.9. The number of thioether (sulfide) groups is 1. The van der Waals surface area contributed by atoms with E-state index in [2.05, 4.69) is 25.0 Å². The van der Waals surface area contributed by atoms with Crippen LogP contribution in [0.3, 0.4) is 0 Å². The second-order valence-electron chi connectivity index (χ2n) is 7.93. The fourth-order valence-corrected chi connectivity index (χ4v) is 5.30. The molecule has 2 heterocycles. The van der Waals surface area contributed by atoms with Gasteiger partial charge in [-0.05, 0) is 55.8 Å². The molecule has 1 atom stereocenters. The van der Waals surface area contributed by atoms with E-state index in [9.17, 15) is 18.0 Å². The van der Waals surface area contributed by atoms with Crippen molar-refractivity contribution in [3.05, 3.63) is 76.8 Å². The standard InChI is InChI=1S/C24H24N6O4S2/c1-4-20(35-24-28-19-8-6-5-7-18(19)22(32)30(24)3)21(31)27-16-9-11-17(12-10-16)36(33,34)29-23-25-14-13-15(2)26-23/h5-14,20H,4H2,1-3H3,(H,27,31)(H,25,26,29). The number of sulfonamides is 1. The predicted octanol–water partition coefficient (Wildman–Crippen LogP) is 3.34. The van der Waals surface area contributed by atoms with Gasteiger partial charge in [0.1, 0.15) is 0 Å². The zero-order valence-electron chi connectivity index (χ0n) is 19.8. The van der Waals surface area contributed by atoms with Crippen molar-refractivity contribution >= 4 is 50.2 Å². The lowest BCUT2D eigenvalue weighted by Crippen LogP contribution is -2.27. The molecule has 0 spiro atoms. The van der Waals surface area contributed by atoms with Crippen LogP contribution in [0.25, 0.3) is 10.9 Å². The maximum Gasteiger partial charge on any atom is 0.264 e. The number of para-hydroxylation sites is 1. The Bertz CT molecular complexity index is 1590. The molecule has 0 aliphatic heterocycles. The predicted molar refractivity (Wildman–Crippen MR) is 140 cm³/mol. The van der Waals surface area contributed by atoms with Gasteiger partial charge in [-0.3, -0.25) is 14.2 Å². The Hall–Kier alpha value is -3.77. The van der Waals surface area contributed by atoms with Crippen molar-refractivity contribution in [2.75, 3.05) is 10.0 Å². The van der Waals surface area contributed by atoms with Gasteiger partial charge in [0.2, 0.25) is 11.9 Å². The fourth-order valence-electron chi connectivity index (χ4n) is 3.37. The summed E-state index contributed by atoms with van der Waals surface area (Å²) in [5.41, 5.74) is 1.45. The smallest absolute Gasteiger partial charge is 0.264 e. The summed E-state index contributed by atoms with van der Waals surface area (Å²) in [5.74, 6) is -0.307. The highest BCUT2D eigenvalue weighted by Gasteiger charge is 2.22. The number of nitrogens with zero attached hydrogens (tertiary/aromatic N) is 4. The Morgan fingerprint density at radius 3 is 2.50 bits per heavy atom. The maximum atomic E-state index is 13.0. The highest BCUT2D eigenvalue weighted by molar-refractivity contribution is 8.00. The van der Waals surface area contributed by atoms with Crippen LogP contribution in [0, 0.1) is 6.92 Å². The number of nitrogens with one attached hydrogen (secondary N) is 2. The summed E-state index contributed by atoms with van der Waals surface area (Å²) in [7, 11) is -2.27. The van der Waals surface area contributed by atoms with E-state index in [0.29, 0.717) is 33.9 Å². The SMILES string of the molecule is CCC(Sc1nc2ccccc2c(=O)n1C)C(=O)Nc1ccc(S(=O)(=O)Nc2nccc(C)n2)cc1. The summed E-state index contributed by atoms with van der Waals surface area (Å²) in [6.07, 6.45) is 1.96. The van der Waals surface area contributed by atoms with Crippen LogP contribution in [0.4, 0.5) is 11.6 Å². The van der Waals surface area contributed by atoms with E-state index in [1.54, 1.807) is 44.3 Å². The molecule has 1 amide bonds. The first kappa shape index (κ1) is 25.3. The summed E-state index contributed by atoms with van der Waals surface area (Å²) in [6.45, 7) is 3.60. The van der Waals surface area contributed by atoms with Crippen molar-refractivity contribution in [2.45, 2.75) is 35.6 Å². The summed E-state index contributed by atoms with van der Waals surface area (Å²) in [6, 6.07) is 14.5. The third kappa shape index (κ3) is 5.55. The quantitative estimate of drug-likeness (QED) is 0.265. The van der Waals surface area contributed by atoms with Gasteiger partial charge < -0.3 is 5.32 Å². The van der Waals surface area contributed by atoms with Gasteiger partial charge in [0.15, 0.2) is 5.16 Å². The highest BCUT2D eigenvalue weighted by atomic mass is 32.2. The molecule has 0 aliphatic carbocycles. The number of amides is 1. The zero-order valence-corrected chi connectivity index (χ0v) is 21.4. The molecule has 36 heavy (non-hydrogen) atoms. The van der Waals surface area contributed by atoms with Crippen molar-refractivity contribution < 1.29 is 13.2 Å². The molecular weight excluding hydrogens is 500 g/mol. The van der Waals surface area contributed by atoms with E-state index in [1.807, 2.05) is 6.92 Å². The van der Waals surface area contributed by atoms with Crippen LogP contribution >= 0.6 is 11.8 Å². The molecule has 12 heteroatoms. The normalized spacial score (nSPS) is 12.3. The molecule has 0 fully saturated rings. The van der Waals surface area contributed by atoms with Gasteiger partial charge in [0.25, 0.3) is 15.6 Å². The molecule has 2 aromatic heterocycles. The van der Waals surface area contributed by atoms with E-state index < -0.39 is 15.3 Å². The average Bonchev–Trinajstić information content (AvgIpc) is 2.85. The minimum atomic E-state index is -3.90. The molecule has 0 aliphatic rings. The van der Waals surface area contributed by atoms with Gasteiger partial charge in [-0.15, -0.1) is 0 Å². The first-order valence-corrected chi connectivity index (χ1v) is 13.4. The molecule has 0 saturated carbocycles. The maximum absolute atomic E-state index is 13.0. The Morgan fingerprint density at radius 1 is 1.08 bits per heavy atom. The van der Waals surface area contributed by atoms with Crippen LogP contribution in [-0.2, 0) is 21.9 Å². The lowest BCUT2D eigenvalue weighted by atomic mass is 10.2. The molecule has 2 aromatic carbocycles. The van der Waals surface area contributed by atoms with Gasteiger partial charge in [-0.25, -0.2) is 28.1 Å². The molecule has 186 valence electrons. The van der Waals surface area contributed by atoms with Crippen LogP contribution in [0.1, 0.15) is 19.0 Å². The summed E-state index contributed by atoms with van der Waals surface area (Å²) in [4.78, 5) is 38.2. The number of aryl methyl sites for hydroxylation is 1. The van der Waals surface area contributed by atoms with Crippen LogP contribution in [-0.4, -0.2) is 39.1 Å². The summed E-state index contributed by atoms with van der Waals surface area (Å²) in [5, 5.41) is 3.24. The first-order valence-electron chi connectivity index (χ1n) is 11.0. The average molecular weight is 525 g/mol. The minimum Gasteiger partial charge on any atom is -0.325 e. The number of anilines is 2. The highest BCUT2D eigenvalue weighted by Crippen LogP contribution is 2.26. The fraction of sp³-hybridized carbons (Fsp3) is 0.208. The minimum absolute atomic E-state index is 0.00221. The Morgan fingerprint density at radius 2 is 1.81 bits per heavy atom. The van der Waals surface area contributed by atoms with E-state index in [1.165, 1.54) is 46.8 Å². The van der Waals surface area contributed by atoms with Crippen molar-refractivity contribution in [2.24, 2.45) is 7.05 Å². The summed E-state index contributed by atoms with van der Waals surface area (Å²) >= 11 is 1.20. The monoisotopic (exact) mass is 524 g/mol. The number of fused-ring (bicyclic) bond motifs is 1. The van der Waals surface area contributed by atoms with E-state index >= 15 is 0 Å². The number of hydrogen-bond acceptors (Lipinski definition) is 8. The third-order valence-electron chi connectivity index (χ3n) is 5.31. The lowest BCUT2D eigenvalue weighted by molar-refractivity contribution is -0.115. The molecule has 0 radical (unpaired) electrons. The van der Waals surface area contributed by atoms with Gasteiger partial charge >= 0.3 is 0 Å². The van der Waals surface area contributed by atoms with Gasteiger partial charge in [-0.1, -0.05) is 30.8 Å². The second-order valence-corrected chi connectivity index (χ2v) is 10.8. The number of aromatic nitrogens is 4. The lowest BCUT2D eigenvalue weighted by Gasteiger charge is -2.16. The Balaban J connectivity index is 1.47.